The summed E-state index contributed by atoms with van der Waals surface area (Å²) in [6.45, 7) is -0.0669. The van der Waals surface area contributed by atoms with Gasteiger partial charge in [0.05, 0.1) is 25.4 Å². The zero-order valence-corrected chi connectivity index (χ0v) is 16.5. The topological polar surface area (TPSA) is 96.6 Å². The van der Waals surface area contributed by atoms with Gasteiger partial charge in [0.1, 0.15) is 11.1 Å². The lowest BCUT2D eigenvalue weighted by Gasteiger charge is -2.08. The molecule has 0 aliphatic carbocycles. The van der Waals surface area contributed by atoms with E-state index in [1.54, 1.807) is 18.2 Å². The average molecular weight is 406 g/mol. The molecule has 0 bridgehead atoms. The summed E-state index contributed by atoms with van der Waals surface area (Å²) in [6, 6.07) is 16.8. The molecule has 0 aliphatic heterocycles. The summed E-state index contributed by atoms with van der Waals surface area (Å²) in [4.78, 5) is 16.6. The van der Waals surface area contributed by atoms with E-state index in [0.717, 1.165) is 16.3 Å². The second-order valence-corrected chi connectivity index (χ2v) is 6.76. The Morgan fingerprint density at radius 2 is 2.10 bits per heavy atom. The zero-order chi connectivity index (χ0) is 20.5. The molecule has 3 rings (SSSR count). The minimum absolute atomic E-state index is 0.0669. The van der Waals surface area contributed by atoms with Gasteiger partial charge in [-0.15, -0.1) is 11.3 Å². The molecule has 29 heavy (non-hydrogen) atoms. The van der Waals surface area contributed by atoms with Crippen molar-refractivity contribution < 1.29 is 14.3 Å². The SMILES string of the molecule is COc1cc(/C=N\NC(=O)Cc2nc(-c3ccccc3)cs2)ccc1OCC#N. The fraction of sp³-hybridized carbons (Fsp3) is 0.143. The smallest absolute Gasteiger partial charge is 0.246 e. The van der Waals surface area contributed by atoms with Crippen LogP contribution in [0.25, 0.3) is 11.3 Å². The first-order valence-corrected chi connectivity index (χ1v) is 9.57. The quantitative estimate of drug-likeness (QED) is 0.457. The van der Waals surface area contributed by atoms with E-state index < -0.39 is 0 Å². The molecule has 146 valence electrons. The monoisotopic (exact) mass is 406 g/mol. The fourth-order valence-corrected chi connectivity index (χ4v) is 3.28. The first-order valence-electron chi connectivity index (χ1n) is 8.69. The van der Waals surface area contributed by atoms with Gasteiger partial charge in [0.2, 0.25) is 5.91 Å². The second-order valence-electron chi connectivity index (χ2n) is 5.82. The van der Waals surface area contributed by atoms with Crippen molar-refractivity contribution in [2.75, 3.05) is 13.7 Å². The largest absolute Gasteiger partial charge is 0.493 e. The van der Waals surface area contributed by atoms with E-state index in [4.69, 9.17) is 14.7 Å². The Balaban J connectivity index is 1.56. The first-order chi connectivity index (χ1) is 14.2. The normalized spacial score (nSPS) is 10.5. The first kappa shape index (κ1) is 20.0. The predicted octanol–water partition coefficient (Wildman–Crippen LogP) is 3.41. The molecule has 8 heteroatoms. The van der Waals surface area contributed by atoms with Crippen LogP contribution in [-0.4, -0.2) is 30.8 Å². The molecule has 0 saturated carbocycles. The Bertz CT molecular complexity index is 1040. The number of benzene rings is 2. The number of nitriles is 1. The van der Waals surface area contributed by atoms with Gasteiger partial charge in [0.15, 0.2) is 18.1 Å². The number of hydrazone groups is 1. The second kappa shape index (κ2) is 10.0. The number of rotatable bonds is 8. The molecular weight excluding hydrogens is 388 g/mol. The molecule has 0 radical (unpaired) electrons. The molecule has 7 nitrogen and oxygen atoms in total. The number of hydrogen-bond donors (Lipinski definition) is 1. The minimum atomic E-state index is -0.254. The van der Waals surface area contributed by atoms with Crippen LogP contribution in [0.2, 0.25) is 0 Å². The highest BCUT2D eigenvalue weighted by Crippen LogP contribution is 2.27. The molecule has 1 aromatic heterocycles. The summed E-state index contributed by atoms with van der Waals surface area (Å²) in [6.07, 6.45) is 1.66. The van der Waals surface area contributed by atoms with Crippen LogP contribution < -0.4 is 14.9 Å². The van der Waals surface area contributed by atoms with Gasteiger partial charge in [-0.1, -0.05) is 30.3 Å². The van der Waals surface area contributed by atoms with Crippen LogP contribution in [0, 0.1) is 11.3 Å². The Hall–Kier alpha value is -3.70. The van der Waals surface area contributed by atoms with Gasteiger partial charge >= 0.3 is 0 Å². The lowest BCUT2D eigenvalue weighted by atomic mass is 10.2. The van der Waals surface area contributed by atoms with Crippen LogP contribution in [0.1, 0.15) is 10.6 Å². The van der Waals surface area contributed by atoms with E-state index in [1.807, 2.05) is 41.8 Å². The van der Waals surface area contributed by atoms with E-state index in [9.17, 15) is 4.79 Å². The molecule has 1 heterocycles. The van der Waals surface area contributed by atoms with Crippen LogP contribution in [0.4, 0.5) is 0 Å². The summed E-state index contributed by atoms with van der Waals surface area (Å²) in [5.74, 6) is 0.691. The molecule has 1 amide bonds. The standard InChI is InChI=1S/C21H18N4O3S/c1-27-19-11-15(7-8-18(19)28-10-9-22)13-23-25-20(26)12-21-24-17(14-29-21)16-5-3-2-4-6-16/h2-8,11,13-14H,10,12H2,1H3,(H,25,26)/b23-13-. The van der Waals surface area contributed by atoms with Gasteiger partial charge in [0, 0.05) is 10.9 Å². The van der Waals surface area contributed by atoms with Gasteiger partial charge in [-0.25, -0.2) is 10.4 Å². The molecule has 1 N–H and O–H groups in total. The van der Waals surface area contributed by atoms with Crippen molar-refractivity contribution in [1.29, 1.82) is 5.26 Å². The molecule has 2 aromatic carbocycles. The molecule has 0 saturated heterocycles. The van der Waals surface area contributed by atoms with Crippen LogP contribution in [0.5, 0.6) is 11.5 Å². The number of amides is 1. The Kier molecular flexibility index (Phi) is 6.92. The molecule has 0 aliphatic rings. The van der Waals surface area contributed by atoms with Crippen LogP contribution in [0.15, 0.2) is 59.0 Å². The molecule has 3 aromatic rings. The summed E-state index contributed by atoms with van der Waals surface area (Å²) in [5, 5.41) is 15.2. The number of aromatic nitrogens is 1. The molecule has 0 unspecified atom stereocenters. The maximum atomic E-state index is 12.1. The lowest BCUT2D eigenvalue weighted by Crippen LogP contribution is -2.19. The van der Waals surface area contributed by atoms with E-state index in [-0.39, 0.29) is 18.9 Å². The Labute approximate surface area is 172 Å². The van der Waals surface area contributed by atoms with Gasteiger partial charge in [-0.05, 0) is 23.8 Å². The molecule has 0 spiro atoms. The lowest BCUT2D eigenvalue weighted by molar-refractivity contribution is -0.120. The van der Waals surface area contributed by atoms with Crippen molar-refractivity contribution in [2.24, 2.45) is 5.10 Å². The number of hydrogen-bond acceptors (Lipinski definition) is 7. The Morgan fingerprint density at radius 1 is 1.28 bits per heavy atom. The van der Waals surface area contributed by atoms with Gasteiger partial charge in [0.25, 0.3) is 0 Å². The molecule has 0 atom stereocenters. The maximum absolute atomic E-state index is 12.1. The average Bonchev–Trinajstić information content (AvgIpc) is 3.21. The molecular formula is C21H18N4O3S. The summed E-state index contributed by atoms with van der Waals surface area (Å²) in [5.41, 5.74) is 5.08. The highest BCUT2D eigenvalue weighted by molar-refractivity contribution is 7.10. The summed E-state index contributed by atoms with van der Waals surface area (Å²) < 4.78 is 10.5. The van der Waals surface area contributed by atoms with Crippen molar-refractivity contribution in [3.63, 3.8) is 0 Å². The van der Waals surface area contributed by atoms with Crippen LogP contribution in [-0.2, 0) is 11.2 Å². The van der Waals surface area contributed by atoms with Crippen molar-refractivity contribution >= 4 is 23.5 Å². The Morgan fingerprint density at radius 3 is 2.86 bits per heavy atom. The summed E-state index contributed by atoms with van der Waals surface area (Å²) in [7, 11) is 1.51. The van der Waals surface area contributed by atoms with E-state index in [1.165, 1.54) is 24.7 Å². The van der Waals surface area contributed by atoms with Crippen LogP contribution in [0.3, 0.4) is 0 Å². The van der Waals surface area contributed by atoms with Gasteiger partial charge in [-0.2, -0.15) is 10.4 Å². The third-order valence-corrected chi connectivity index (χ3v) is 4.66. The van der Waals surface area contributed by atoms with Crippen molar-refractivity contribution in [3.8, 4) is 28.8 Å². The number of nitrogens with zero attached hydrogens (tertiary/aromatic N) is 3. The highest BCUT2D eigenvalue weighted by atomic mass is 32.1. The van der Waals surface area contributed by atoms with Crippen molar-refractivity contribution in [2.45, 2.75) is 6.42 Å². The number of ether oxygens (including phenoxy) is 2. The number of carbonyl (C=O) groups is 1. The molecule has 0 fully saturated rings. The number of methoxy groups -OCH3 is 1. The minimum Gasteiger partial charge on any atom is -0.493 e. The van der Waals surface area contributed by atoms with Gasteiger partial charge < -0.3 is 9.47 Å². The number of thiazole rings is 1. The van der Waals surface area contributed by atoms with E-state index in [2.05, 4.69) is 15.5 Å². The third-order valence-electron chi connectivity index (χ3n) is 3.82. The van der Waals surface area contributed by atoms with Crippen molar-refractivity contribution in [1.82, 2.24) is 10.4 Å². The number of carbonyl (C=O) groups excluding carboxylic acids is 1. The maximum Gasteiger partial charge on any atom is 0.246 e. The van der Waals surface area contributed by atoms with Crippen LogP contribution >= 0.6 is 11.3 Å². The van der Waals surface area contributed by atoms with E-state index in [0.29, 0.717) is 17.1 Å². The third kappa shape index (κ3) is 5.64. The predicted molar refractivity (Wildman–Crippen MR) is 111 cm³/mol. The van der Waals surface area contributed by atoms with Gasteiger partial charge in [-0.3, -0.25) is 4.79 Å². The van der Waals surface area contributed by atoms with Crippen molar-refractivity contribution in [3.05, 3.63) is 64.5 Å². The highest BCUT2D eigenvalue weighted by Gasteiger charge is 2.09. The number of nitrogens with one attached hydrogen (secondary N) is 1. The van der Waals surface area contributed by atoms with E-state index >= 15 is 0 Å². The summed E-state index contributed by atoms with van der Waals surface area (Å²) >= 11 is 1.44. The fourth-order valence-electron chi connectivity index (χ4n) is 2.48. The zero-order valence-electron chi connectivity index (χ0n) is 15.7.